The summed E-state index contributed by atoms with van der Waals surface area (Å²) in [5.74, 6) is 0.911. The first-order valence-electron chi connectivity index (χ1n) is 11.0. The molecular weight excluding hydrogens is 406 g/mol. The van der Waals surface area contributed by atoms with Gasteiger partial charge in [0.1, 0.15) is 5.01 Å². The van der Waals surface area contributed by atoms with Crippen molar-refractivity contribution in [3.63, 3.8) is 0 Å². The van der Waals surface area contributed by atoms with Crippen LogP contribution in [0.25, 0.3) is 20.8 Å². The van der Waals surface area contributed by atoms with Crippen LogP contribution in [0.3, 0.4) is 0 Å². The number of thiazole rings is 1. The number of carbonyl (C=O) groups excluding carboxylic acids is 2. The molecule has 3 heterocycles. The Labute approximate surface area is 186 Å². The van der Waals surface area contributed by atoms with Gasteiger partial charge >= 0.3 is 0 Å². The maximum Gasteiger partial charge on any atom is 0.251 e. The lowest BCUT2D eigenvalue weighted by Crippen LogP contribution is -2.48. The average molecular weight is 434 g/mol. The van der Waals surface area contributed by atoms with E-state index in [1.165, 1.54) is 16.9 Å². The maximum absolute atomic E-state index is 13.2. The molecule has 0 bridgehead atoms. The molecule has 0 radical (unpaired) electrons. The van der Waals surface area contributed by atoms with E-state index in [9.17, 15) is 9.59 Å². The number of likely N-dealkylation sites (tertiary alicyclic amines) is 1. The largest absolute Gasteiger partial charge is 0.291 e. The molecule has 5 nitrogen and oxygen atoms in total. The number of nitrogens with zero attached hydrogens (tertiary/aromatic N) is 3. The van der Waals surface area contributed by atoms with Crippen molar-refractivity contribution in [3.05, 3.63) is 48.0 Å². The molecule has 3 aromatic rings. The third kappa shape index (κ3) is 3.79. The summed E-state index contributed by atoms with van der Waals surface area (Å²) >= 11 is 1.66. The van der Waals surface area contributed by atoms with E-state index in [0.29, 0.717) is 17.5 Å². The predicted molar refractivity (Wildman–Crippen MR) is 125 cm³/mol. The zero-order valence-corrected chi connectivity index (χ0v) is 19.0. The summed E-state index contributed by atoms with van der Waals surface area (Å²) in [5.41, 5.74) is 3.86. The van der Waals surface area contributed by atoms with Crippen LogP contribution in [0.15, 0.2) is 42.5 Å². The number of benzene rings is 2. The molecule has 5 rings (SSSR count). The van der Waals surface area contributed by atoms with Gasteiger partial charge < -0.3 is 0 Å². The first kappa shape index (κ1) is 20.3. The second-order valence-electron chi connectivity index (χ2n) is 9.22. The Hall–Kier alpha value is -2.57. The summed E-state index contributed by atoms with van der Waals surface area (Å²) < 4.78 is 1.16. The van der Waals surface area contributed by atoms with Crippen LogP contribution in [0.5, 0.6) is 0 Å². The molecule has 6 heteroatoms. The van der Waals surface area contributed by atoms with Crippen molar-refractivity contribution in [1.82, 2.24) is 9.88 Å². The van der Waals surface area contributed by atoms with Crippen molar-refractivity contribution in [2.45, 2.75) is 39.7 Å². The van der Waals surface area contributed by atoms with Crippen LogP contribution in [0.2, 0.25) is 0 Å². The molecule has 2 aliphatic rings. The fourth-order valence-electron chi connectivity index (χ4n) is 5.05. The van der Waals surface area contributed by atoms with Gasteiger partial charge in [0.2, 0.25) is 5.91 Å². The molecule has 0 spiro atoms. The number of imide groups is 1. The smallest absolute Gasteiger partial charge is 0.251 e. The monoisotopic (exact) mass is 433 g/mol. The van der Waals surface area contributed by atoms with Gasteiger partial charge in [-0.3, -0.25) is 14.5 Å². The number of fused-ring (bicyclic) bond motifs is 1. The highest BCUT2D eigenvalue weighted by Crippen LogP contribution is 2.34. The Bertz CT molecular complexity index is 1140. The maximum atomic E-state index is 13.2. The molecule has 2 amide bonds. The standard InChI is InChI=1S/C25H27N3O2S/c1-15-4-9-20-22(11-15)31-24(26-20)18-5-7-19(8-6-18)28-23(29)12-21(25(28)30)27-13-16(2)10-17(3)14-27/h4-9,11,16-17,21H,10,12-14H2,1-3H3/t16-,17-,21-/m0/s1. The first-order valence-corrected chi connectivity index (χ1v) is 11.8. The Morgan fingerprint density at radius 1 is 1.00 bits per heavy atom. The molecule has 0 aliphatic carbocycles. The fraction of sp³-hybridized carbons (Fsp3) is 0.400. The lowest BCUT2D eigenvalue weighted by atomic mass is 9.90. The number of aromatic nitrogens is 1. The van der Waals surface area contributed by atoms with Crippen molar-refractivity contribution in [2.75, 3.05) is 18.0 Å². The zero-order chi connectivity index (χ0) is 21.7. The molecule has 2 aliphatic heterocycles. The number of hydrogen-bond donors (Lipinski definition) is 0. The normalized spacial score (nSPS) is 25.0. The highest BCUT2D eigenvalue weighted by atomic mass is 32.1. The van der Waals surface area contributed by atoms with Gasteiger partial charge in [-0.2, -0.15) is 0 Å². The number of piperidine rings is 1. The zero-order valence-electron chi connectivity index (χ0n) is 18.2. The van der Waals surface area contributed by atoms with Gasteiger partial charge in [0.05, 0.1) is 28.4 Å². The Morgan fingerprint density at radius 2 is 1.71 bits per heavy atom. The van der Waals surface area contributed by atoms with E-state index in [1.807, 2.05) is 30.3 Å². The number of aryl methyl sites for hydroxylation is 1. The molecule has 2 saturated heterocycles. The molecule has 160 valence electrons. The molecule has 0 unspecified atom stereocenters. The Balaban J connectivity index is 1.37. The molecule has 0 saturated carbocycles. The van der Waals surface area contributed by atoms with Crippen LogP contribution in [-0.2, 0) is 9.59 Å². The predicted octanol–water partition coefficient (Wildman–Crippen LogP) is 4.88. The minimum atomic E-state index is -0.329. The van der Waals surface area contributed by atoms with E-state index >= 15 is 0 Å². The number of amides is 2. The van der Waals surface area contributed by atoms with Crippen molar-refractivity contribution in [2.24, 2.45) is 11.8 Å². The van der Waals surface area contributed by atoms with Gasteiger partial charge in [-0.1, -0.05) is 19.9 Å². The Morgan fingerprint density at radius 3 is 2.42 bits per heavy atom. The topological polar surface area (TPSA) is 53.5 Å². The van der Waals surface area contributed by atoms with Crippen LogP contribution in [0.4, 0.5) is 5.69 Å². The van der Waals surface area contributed by atoms with Crippen LogP contribution in [-0.4, -0.2) is 40.8 Å². The summed E-state index contributed by atoms with van der Waals surface area (Å²) in [7, 11) is 0. The average Bonchev–Trinajstić information content (AvgIpc) is 3.27. The van der Waals surface area contributed by atoms with Gasteiger partial charge in [-0.15, -0.1) is 11.3 Å². The van der Waals surface area contributed by atoms with Crippen LogP contribution in [0, 0.1) is 18.8 Å². The number of anilines is 1. The molecule has 31 heavy (non-hydrogen) atoms. The number of hydrogen-bond acceptors (Lipinski definition) is 5. The highest BCUT2D eigenvalue weighted by Gasteiger charge is 2.44. The van der Waals surface area contributed by atoms with E-state index < -0.39 is 0 Å². The Kier molecular flexibility index (Phi) is 5.15. The summed E-state index contributed by atoms with van der Waals surface area (Å²) in [6, 6.07) is 13.6. The second kappa shape index (κ2) is 7.84. The van der Waals surface area contributed by atoms with Crippen molar-refractivity contribution in [1.29, 1.82) is 0 Å². The summed E-state index contributed by atoms with van der Waals surface area (Å²) in [5, 5.41) is 0.945. The minimum Gasteiger partial charge on any atom is -0.291 e. The van der Waals surface area contributed by atoms with Gasteiger partial charge in [-0.05, 0) is 67.1 Å². The van der Waals surface area contributed by atoms with Gasteiger partial charge in [-0.25, -0.2) is 9.88 Å². The van der Waals surface area contributed by atoms with E-state index in [1.54, 1.807) is 11.3 Å². The van der Waals surface area contributed by atoms with Crippen molar-refractivity contribution >= 4 is 39.1 Å². The first-order chi connectivity index (χ1) is 14.9. The van der Waals surface area contributed by atoms with Crippen molar-refractivity contribution < 1.29 is 9.59 Å². The fourth-order valence-corrected chi connectivity index (χ4v) is 6.12. The van der Waals surface area contributed by atoms with E-state index in [0.717, 1.165) is 33.9 Å². The van der Waals surface area contributed by atoms with Gasteiger partial charge in [0, 0.05) is 18.7 Å². The third-order valence-corrected chi connectivity index (χ3v) is 7.44. The molecule has 2 fully saturated rings. The highest BCUT2D eigenvalue weighted by molar-refractivity contribution is 7.21. The van der Waals surface area contributed by atoms with E-state index in [4.69, 9.17) is 4.98 Å². The van der Waals surface area contributed by atoms with Gasteiger partial charge in [0.25, 0.3) is 5.91 Å². The van der Waals surface area contributed by atoms with Crippen LogP contribution < -0.4 is 4.90 Å². The molecule has 0 N–H and O–H groups in total. The molecule has 1 aromatic heterocycles. The summed E-state index contributed by atoms with van der Waals surface area (Å²) in [6.07, 6.45) is 1.46. The third-order valence-electron chi connectivity index (χ3n) is 6.38. The van der Waals surface area contributed by atoms with Gasteiger partial charge in [0.15, 0.2) is 0 Å². The molecule has 3 atom stereocenters. The summed E-state index contributed by atoms with van der Waals surface area (Å²) in [4.78, 5) is 34.3. The second-order valence-corrected chi connectivity index (χ2v) is 10.3. The van der Waals surface area contributed by atoms with E-state index in [-0.39, 0.29) is 24.3 Å². The molecule has 2 aromatic carbocycles. The minimum absolute atomic E-state index is 0.0884. The number of rotatable bonds is 3. The van der Waals surface area contributed by atoms with Crippen LogP contribution >= 0.6 is 11.3 Å². The lowest BCUT2D eigenvalue weighted by Gasteiger charge is -2.37. The van der Waals surface area contributed by atoms with E-state index in [2.05, 4.69) is 37.8 Å². The summed E-state index contributed by atoms with van der Waals surface area (Å²) in [6.45, 7) is 8.31. The van der Waals surface area contributed by atoms with Crippen molar-refractivity contribution in [3.8, 4) is 10.6 Å². The van der Waals surface area contributed by atoms with Crippen LogP contribution in [0.1, 0.15) is 32.3 Å². The number of carbonyl (C=O) groups is 2. The quantitative estimate of drug-likeness (QED) is 0.553. The SMILES string of the molecule is Cc1ccc2nc(-c3ccc(N4C(=O)C[C@H](N5C[C@@H](C)C[C@H](C)C5)C4=O)cc3)sc2c1. The lowest BCUT2D eigenvalue weighted by molar-refractivity contribution is -0.123. The molecular formula is C25H27N3O2S.